The number of nitriles is 1. The van der Waals surface area contributed by atoms with Crippen molar-refractivity contribution in [3.8, 4) is 17.6 Å². The number of rotatable bonds is 8. The molecule has 178 valence electrons. The molecular formula is C25H20BrFN4O4. The van der Waals surface area contributed by atoms with Crippen molar-refractivity contribution in [2.75, 3.05) is 12.4 Å². The van der Waals surface area contributed by atoms with Crippen molar-refractivity contribution in [2.45, 2.75) is 13.0 Å². The number of carbonyl (C=O) groups is 2. The number of halogens is 2. The second-order valence-electron chi connectivity index (χ2n) is 7.10. The zero-order valence-electron chi connectivity index (χ0n) is 18.5. The maximum atomic E-state index is 13.9. The minimum Gasteiger partial charge on any atom is -0.493 e. The Kier molecular flexibility index (Phi) is 8.92. The van der Waals surface area contributed by atoms with Crippen LogP contribution in [0.4, 0.5) is 10.1 Å². The first kappa shape index (κ1) is 25.4. The third kappa shape index (κ3) is 7.12. The van der Waals surface area contributed by atoms with E-state index in [4.69, 9.17) is 14.7 Å². The monoisotopic (exact) mass is 538 g/mol. The van der Waals surface area contributed by atoms with Crippen LogP contribution in [0, 0.1) is 17.1 Å². The number of hydrogen-bond donors (Lipinski definition) is 2. The number of carbonyl (C=O) groups excluding carboxylic acids is 2. The van der Waals surface area contributed by atoms with Crippen LogP contribution in [-0.4, -0.2) is 25.1 Å². The van der Waals surface area contributed by atoms with Gasteiger partial charge in [0.25, 0.3) is 0 Å². The van der Waals surface area contributed by atoms with Crippen LogP contribution >= 0.6 is 15.9 Å². The number of amides is 2. The lowest BCUT2D eigenvalue weighted by Gasteiger charge is -2.14. The third-order valence-electron chi connectivity index (χ3n) is 4.66. The Labute approximate surface area is 209 Å². The Balaban J connectivity index is 1.60. The van der Waals surface area contributed by atoms with Gasteiger partial charge in [-0.15, -0.1) is 0 Å². The first-order valence-corrected chi connectivity index (χ1v) is 11.0. The van der Waals surface area contributed by atoms with Crippen LogP contribution in [0.2, 0.25) is 0 Å². The number of ether oxygens (including phenoxy) is 2. The van der Waals surface area contributed by atoms with Gasteiger partial charge in [0.15, 0.2) is 11.5 Å². The van der Waals surface area contributed by atoms with E-state index in [1.807, 2.05) is 6.07 Å². The van der Waals surface area contributed by atoms with Crippen LogP contribution < -0.4 is 20.2 Å². The molecule has 0 fully saturated rings. The van der Waals surface area contributed by atoms with E-state index < -0.39 is 11.8 Å². The number of hydrazone groups is 1. The summed E-state index contributed by atoms with van der Waals surface area (Å²) in [6, 6.07) is 18.2. The van der Waals surface area contributed by atoms with E-state index in [1.165, 1.54) is 19.4 Å². The van der Waals surface area contributed by atoms with Gasteiger partial charge in [0.2, 0.25) is 0 Å². The van der Waals surface area contributed by atoms with Gasteiger partial charge in [0.1, 0.15) is 12.4 Å². The zero-order chi connectivity index (χ0) is 25.2. The first-order chi connectivity index (χ1) is 16.9. The Morgan fingerprint density at radius 1 is 1.14 bits per heavy atom. The standard InChI is InChI=1S/C25H20BrFN4O4/c1-34-22-13-17(12-20(26)23(22)35-15-18-4-2-3-5-21(18)27)14-29-31-25(33)24(32)30-19-8-6-16(7-9-19)10-11-28/h2-9,12-14H,10,15H2,1H3,(H,30,32)(H,31,33). The number of nitrogens with one attached hydrogen (secondary N) is 2. The van der Waals surface area contributed by atoms with E-state index in [9.17, 15) is 14.0 Å². The predicted octanol–water partition coefficient (Wildman–Crippen LogP) is 4.33. The molecule has 0 aromatic heterocycles. The van der Waals surface area contributed by atoms with Crippen LogP contribution in [0.15, 0.2) is 70.2 Å². The molecule has 3 aromatic rings. The van der Waals surface area contributed by atoms with Gasteiger partial charge in [-0.25, -0.2) is 9.82 Å². The summed E-state index contributed by atoms with van der Waals surface area (Å²) in [6.45, 7) is 0.00128. The van der Waals surface area contributed by atoms with Crippen LogP contribution in [-0.2, 0) is 22.6 Å². The Morgan fingerprint density at radius 2 is 1.89 bits per heavy atom. The molecule has 0 radical (unpaired) electrons. The first-order valence-electron chi connectivity index (χ1n) is 10.2. The lowest BCUT2D eigenvalue weighted by Crippen LogP contribution is -2.32. The maximum Gasteiger partial charge on any atom is 0.329 e. The van der Waals surface area contributed by atoms with Gasteiger partial charge in [-0.1, -0.05) is 30.3 Å². The molecule has 0 spiro atoms. The van der Waals surface area contributed by atoms with E-state index in [0.717, 1.165) is 5.56 Å². The molecule has 0 saturated carbocycles. The summed E-state index contributed by atoms with van der Waals surface area (Å²) < 4.78 is 25.5. The van der Waals surface area contributed by atoms with Crippen molar-refractivity contribution in [3.63, 3.8) is 0 Å². The SMILES string of the molecule is COc1cc(C=NNC(=O)C(=O)Nc2ccc(CC#N)cc2)cc(Br)c1OCc1ccccc1F. The molecule has 0 heterocycles. The molecule has 2 N–H and O–H groups in total. The lowest BCUT2D eigenvalue weighted by molar-refractivity contribution is -0.136. The molecule has 35 heavy (non-hydrogen) atoms. The van der Waals surface area contributed by atoms with Crippen molar-refractivity contribution < 1.29 is 23.5 Å². The smallest absolute Gasteiger partial charge is 0.329 e. The molecule has 0 atom stereocenters. The number of nitrogens with zero attached hydrogens (tertiary/aromatic N) is 2. The predicted molar refractivity (Wildman–Crippen MR) is 132 cm³/mol. The number of anilines is 1. The van der Waals surface area contributed by atoms with Gasteiger partial charge in [-0.3, -0.25) is 9.59 Å². The Hall–Kier alpha value is -4.23. The molecule has 3 aromatic carbocycles. The number of benzene rings is 3. The van der Waals surface area contributed by atoms with Crippen molar-refractivity contribution in [1.82, 2.24) is 5.43 Å². The van der Waals surface area contributed by atoms with Crippen molar-refractivity contribution in [1.29, 1.82) is 5.26 Å². The van der Waals surface area contributed by atoms with Crippen molar-refractivity contribution in [3.05, 3.63) is 87.6 Å². The van der Waals surface area contributed by atoms with Gasteiger partial charge in [-0.05, 0) is 57.4 Å². The van der Waals surface area contributed by atoms with Gasteiger partial charge in [-0.2, -0.15) is 10.4 Å². The molecule has 0 saturated heterocycles. The van der Waals surface area contributed by atoms with Gasteiger partial charge >= 0.3 is 11.8 Å². The molecular weight excluding hydrogens is 519 g/mol. The molecule has 10 heteroatoms. The molecule has 0 unspecified atom stereocenters. The molecule has 0 aliphatic rings. The average molecular weight is 539 g/mol. The average Bonchev–Trinajstić information content (AvgIpc) is 2.85. The summed E-state index contributed by atoms with van der Waals surface area (Å²) in [6.07, 6.45) is 1.58. The van der Waals surface area contributed by atoms with E-state index >= 15 is 0 Å². The lowest BCUT2D eigenvalue weighted by atomic mass is 10.1. The van der Waals surface area contributed by atoms with E-state index in [1.54, 1.807) is 54.6 Å². The fourth-order valence-corrected chi connectivity index (χ4v) is 3.50. The molecule has 2 amide bonds. The Bertz CT molecular complexity index is 1290. The van der Waals surface area contributed by atoms with Crippen molar-refractivity contribution in [2.24, 2.45) is 5.10 Å². The van der Waals surface area contributed by atoms with Gasteiger partial charge < -0.3 is 14.8 Å². The second-order valence-corrected chi connectivity index (χ2v) is 7.95. The molecule has 8 nitrogen and oxygen atoms in total. The summed E-state index contributed by atoms with van der Waals surface area (Å²) in [7, 11) is 1.46. The Morgan fingerprint density at radius 3 is 2.57 bits per heavy atom. The third-order valence-corrected chi connectivity index (χ3v) is 5.25. The summed E-state index contributed by atoms with van der Waals surface area (Å²) in [4.78, 5) is 24.1. The maximum absolute atomic E-state index is 13.9. The minimum absolute atomic E-state index is 0.00128. The quantitative estimate of drug-likeness (QED) is 0.252. The van der Waals surface area contributed by atoms with Crippen molar-refractivity contribution >= 4 is 39.6 Å². The summed E-state index contributed by atoms with van der Waals surface area (Å²) >= 11 is 3.40. The molecule has 0 aliphatic heterocycles. The summed E-state index contributed by atoms with van der Waals surface area (Å²) in [5.41, 5.74) is 4.30. The van der Waals surface area contributed by atoms with E-state index in [0.29, 0.717) is 32.8 Å². The number of methoxy groups -OCH3 is 1. The largest absolute Gasteiger partial charge is 0.493 e. The topological polar surface area (TPSA) is 113 Å². The second kappa shape index (κ2) is 12.3. The summed E-state index contributed by atoms with van der Waals surface area (Å²) in [5.74, 6) is -1.50. The van der Waals surface area contributed by atoms with Crippen LogP contribution in [0.5, 0.6) is 11.5 Å². The molecule has 3 rings (SSSR count). The molecule has 0 aliphatic carbocycles. The fourth-order valence-electron chi connectivity index (χ4n) is 2.92. The van der Waals surface area contributed by atoms with E-state index in [2.05, 4.69) is 31.8 Å². The zero-order valence-corrected chi connectivity index (χ0v) is 20.1. The summed E-state index contributed by atoms with van der Waals surface area (Å²) in [5, 5.41) is 14.9. The fraction of sp³-hybridized carbons (Fsp3) is 0.120. The molecule has 0 bridgehead atoms. The highest BCUT2D eigenvalue weighted by Crippen LogP contribution is 2.37. The van der Waals surface area contributed by atoms with Crippen LogP contribution in [0.3, 0.4) is 0 Å². The van der Waals surface area contributed by atoms with Crippen LogP contribution in [0.1, 0.15) is 16.7 Å². The van der Waals surface area contributed by atoms with Crippen LogP contribution in [0.25, 0.3) is 0 Å². The normalized spacial score (nSPS) is 10.5. The highest BCUT2D eigenvalue weighted by Gasteiger charge is 2.14. The highest BCUT2D eigenvalue weighted by atomic mass is 79.9. The minimum atomic E-state index is -0.960. The van der Waals surface area contributed by atoms with E-state index in [-0.39, 0.29) is 18.8 Å². The number of hydrogen-bond acceptors (Lipinski definition) is 6. The van der Waals surface area contributed by atoms with Gasteiger partial charge in [0.05, 0.1) is 30.3 Å². The highest BCUT2D eigenvalue weighted by molar-refractivity contribution is 9.10. The van der Waals surface area contributed by atoms with Gasteiger partial charge in [0, 0.05) is 11.3 Å².